The highest BCUT2D eigenvalue weighted by Crippen LogP contribution is 2.29. The third-order valence-electron chi connectivity index (χ3n) is 5.58. The Labute approximate surface area is 172 Å². The van der Waals surface area contributed by atoms with Crippen molar-refractivity contribution in [3.05, 3.63) is 36.7 Å². The largest absolute Gasteiger partial charge is 0.382 e. The molecular weight excluding hydrogens is 382 g/mol. The van der Waals surface area contributed by atoms with E-state index < -0.39 is 0 Å². The molecular formula is C21H23N7O2. The summed E-state index contributed by atoms with van der Waals surface area (Å²) in [5.74, 6) is 0.763. The van der Waals surface area contributed by atoms with Gasteiger partial charge in [-0.1, -0.05) is 12.1 Å². The maximum atomic E-state index is 12.4. The van der Waals surface area contributed by atoms with Gasteiger partial charge in [0.1, 0.15) is 12.1 Å². The maximum Gasteiger partial charge on any atom is 0.241 e. The maximum absolute atomic E-state index is 12.4. The molecule has 3 aromatic heterocycles. The first-order chi connectivity index (χ1) is 14.7. The second-order valence-electron chi connectivity index (χ2n) is 7.65. The van der Waals surface area contributed by atoms with E-state index >= 15 is 0 Å². The van der Waals surface area contributed by atoms with Crippen molar-refractivity contribution in [3.63, 3.8) is 0 Å². The van der Waals surface area contributed by atoms with Crippen molar-refractivity contribution in [1.82, 2.24) is 30.3 Å². The van der Waals surface area contributed by atoms with Crippen LogP contribution in [0.1, 0.15) is 12.8 Å². The predicted molar refractivity (Wildman–Crippen MR) is 114 cm³/mol. The van der Waals surface area contributed by atoms with Crippen molar-refractivity contribution < 1.29 is 9.53 Å². The van der Waals surface area contributed by atoms with Crippen molar-refractivity contribution in [2.24, 2.45) is 5.92 Å². The number of aromatic amines is 1. The first-order valence-electron chi connectivity index (χ1n) is 10.1. The first kappa shape index (κ1) is 18.6. The Kier molecular flexibility index (Phi) is 4.80. The summed E-state index contributed by atoms with van der Waals surface area (Å²) in [6, 6.07) is 7.87. The Morgan fingerprint density at radius 2 is 2.13 bits per heavy atom. The number of fused-ring (bicyclic) bond motifs is 3. The number of rotatable bonds is 5. The lowest BCUT2D eigenvalue weighted by molar-refractivity contribution is -0.122. The molecule has 1 saturated heterocycles. The summed E-state index contributed by atoms with van der Waals surface area (Å²) >= 11 is 0. The summed E-state index contributed by atoms with van der Waals surface area (Å²) in [5, 5.41) is 16.3. The van der Waals surface area contributed by atoms with Crippen LogP contribution in [0.2, 0.25) is 0 Å². The molecule has 0 aliphatic carbocycles. The number of carbonyl (C=O) groups is 1. The molecule has 4 heterocycles. The molecule has 4 aromatic rings. The Morgan fingerprint density at radius 3 is 2.93 bits per heavy atom. The van der Waals surface area contributed by atoms with Crippen molar-refractivity contribution in [2.75, 3.05) is 25.5 Å². The fraction of sp³-hybridized carbons (Fsp3) is 0.333. The number of anilines is 1. The normalized spacial score (nSPS) is 15.1. The van der Waals surface area contributed by atoms with Gasteiger partial charge in [0.25, 0.3) is 0 Å². The fourth-order valence-corrected chi connectivity index (χ4v) is 3.92. The number of hydrogen-bond donors (Lipinski definition) is 3. The number of nitrogens with one attached hydrogen (secondary N) is 2. The van der Waals surface area contributed by atoms with Gasteiger partial charge in [-0.3, -0.25) is 14.6 Å². The van der Waals surface area contributed by atoms with Crippen LogP contribution in [-0.4, -0.2) is 50.6 Å². The van der Waals surface area contributed by atoms with Gasteiger partial charge in [-0.25, -0.2) is 4.98 Å². The average molecular weight is 405 g/mol. The quantitative estimate of drug-likeness (QED) is 0.467. The van der Waals surface area contributed by atoms with E-state index in [4.69, 9.17) is 10.5 Å². The van der Waals surface area contributed by atoms with Gasteiger partial charge in [0.15, 0.2) is 5.82 Å². The van der Waals surface area contributed by atoms with Gasteiger partial charge in [0, 0.05) is 48.5 Å². The number of H-pyrrole nitrogens is 1. The third kappa shape index (κ3) is 3.59. The van der Waals surface area contributed by atoms with Gasteiger partial charge in [-0.2, -0.15) is 10.2 Å². The average Bonchev–Trinajstić information content (AvgIpc) is 3.43. The van der Waals surface area contributed by atoms with Gasteiger partial charge in [-0.05, 0) is 30.9 Å². The number of aromatic nitrogens is 5. The van der Waals surface area contributed by atoms with Crippen LogP contribution in [-0.2, 0) is 16.1 Å². The number of nitrogens with two attached hydrogens (primary N) is 1. The highest BCUT2D eigenvalue weighted by atomic mass is 16.5. The Bertz CT molecular complexity index is 1190. The summed E-state index contributed by atoms with van der Waals surface area (Å²) in [4.78, 5) is 16.9. The summed E-state index contributed by atoms with van der Waals surface area (Å²) in [5.41, 5.74) is 9.44. The van der Waals surface area contributed by atoms with Crippen molar-refractivity contribution in [2.45, 2.75) is 19.4 Å². The van der Waals surface area contributed by atoms with Crippen LogP contribution in [0.5, 0.6) is 0 Å². The van der Waals surface area contributed by atoms with Crippen LogP contribution >= 0.6 is 0 Å². The standard InChI is InChI=1S/C21H23N7O2/c22-21-20-16(15-2-1-14(9-18(15)25-21)17-3-6-24-26-17)11-28(27-20)12-19(29)23-10-13-4-7-30-8-5-13/h1-3,6,9,11,13H,4-5,7-8,10,12H2,(H2,22,25)(H,23,29)(H,24,26). The number of carbonyl (C=O) groups excluding carboxylic acids is 1. The molecule has 4 N–H and O–H groups in total. The van der Waals surface area contributed by atoms with E-state index in [1.165, 1.54) is 0 Å². The van der Waals surface area contributed by atoms with Gasteiger partial charge < -0.3 is 15.8 Å². The van der Waals surface area contributed by atoms with Crippen LogP contribution < -0.4 is 11.1 Å². The molecule has 0 saturated carbocycles. The first-order valence-corrected chi connectivity index (χ1v) is 10.1. The minimum absolute atomic E-state index is 0.0633. The van der Waals surface area contributed by atoms with E-state index in [2.05, 4.69) is 25.6 Å². The van der Waals surface area contributed by atoms with Crippen LogP contribution in [0.15, 0.2) is 36.7 Å². The van der Waals surface area contributed by atoms with Gasteiger partial charge in [-0.15, -0.1) is 0 Å². The molecule has 9 heteroatoms. The number of benzene rings is 1. The zero-order chi connectivity index (χ0) is 20.5. The Hall–Kier alpha value is -3.46. The molecule has 1 aliphatic rings. The lowest BCUT2D eigenvalue weighted by atomic mass is 10.0. The number of nitrogen functional groups attached to an aromatic ring is 1. The molecule has 30 heavy (non-hydrogen) atoms. The van der Waals surface area contributed by atoms with E-state index in [1.54, 1.807) is 10.9 Å². The lowest BCUT2D eigenvalue weighted by Crippen LogP contribution is -2.34. The molecule has 1 aliphatic heterocycles. The molecule has 5 rings (SSSR count). The number of nitrogens with zero attached hydrogens (tertiary/aromatic N) is 4. The Morgan fingerprint density at radius 1 is 1.27 bits per heavy atom. The molecule has 0 radical (unpaired) electrons. The minimum atomic E-state index is -0.0633. The van der Waals surface area contributed by atoms with Crippen LogP contribution in [0.3, 0.4) is 0 Å². The molecule has 0 atom stereocenters. The van der Waals surface area contributed by atoms with Gasteiger partial charge in [0.2, 0.25) is 5.91 Å². The second kappa shape index (κ2) is 7.75. The lowest BCUT2D eigenvalue weighted by Gasteiger charge is -2.22. The number of pyridine rings is 1. The Balaban J connectivity index is 1.38. The SMILES string of the molecule is Nc1nc2cc(-c3ccn[nH]3)ccc2c2cn(CC(=O)NCC3CCOCC3)nc12. The fourth-order valence-electron chi connectivity index (χ4n) is 3.92. The third-order valence-corrected chi connectivity index (χ3v) is 5.58. The van der Waals surface area contributed by atoms with E-state index in [-0.39, 0.29) is 12.5 Å². The predicted octanol–water partition coefficient (Wildman–Crippen LogP) is 2.10. The molecule has 1 amide bonds. The summed E-state index contributed by atoms with van der Waals surface area (Å²) in [6.45, 7) is 2.36. The molecule has 0 unspecified atom stereocenters. The zero-order valence-corrected chi connectivity index (χ0v) is 16.5. The highest BCUT2D eigenvalue weighted by Gasteiger charge is 2.16. The molecule has 0 spiro atoms. The molecule has 154 valence electrons. The molecule has 1 aromatic carbocycles. The monoisotopic (exact) mass is 405 g/mol. The number of amides is 1. The van der Waals surface area contributed by atoms with E-state index in [1.807, 2.05) is 30.5 Å². The topological polar surface area (TPSA) is 124 Å². The van der Waals surface area contributed by atoms with Gasteiger partial charge in [0.05, 0.1) is 11.2 Å². The van der Waals surface area contributed by atoms with E-state index in [0.717, 1.165) is 53.6 Å². The zero-order valence-electron chi connectivity index (χ0n) is 16.5. The number of ether oxygens (including phenoxy) is 1. The van der Waals surface area contributed by atoms with Crippen LogP contribution in [0.25, 0.3) is 33.1 Å². The van der Waals surface area contributed by atoms with Crippen LogP contribution in [0.4, 0.5) is 5.82 Å². The smallest absolute Gasteiger partial charge is 0.241 e. The summed E-state index contributed by atoms with van der Waals surface area (Å²) in [7, 11) is 0. The summed E-state index contributed by atoms with van der Waals surface area (Å²) in [6.07, 6.45) is 5.54. The van der Waals surface area contributed by atoms with Crippen LogP contribution in [0, 0.1) is 5.92 Å². The molecule has 1 fully saturated rings. The molecule has 9 nitrogen and oxygen atoms in total. The second-order valence-corrected chi connectivity index (χ2v) is 7.65. The van der Waals surface area contributed by atoms with Crippen molar-refractivity contribution in [1.29, 1.82) is 0 Å². The van der Waals surface area contributed by atoms with Gasteiger partial charge >= 0.3 is 0 Å². The number of hydrogen-bond acceptors (Lipinski definition) is 6. The van der Waals surface area contributed by atoms with Crippen molar-refractivity contribution in [3.8, 4) is 11.3 Å². The van der Waals surface area contributed by atoms with E-state index in [0.29, 0.717) is 23.8 Å². The molecule has 0 bridgehead atoms. The van der Waals surface area contributed by atoms with E-state index in [9.17, 15) is 4.79 Å². The minimum Gasteiger partial charge on any atom is -0.382 e. The summed E-state index contributed by atoms with van der Waals surface area (Å²) < 4.78 is 6.99. The van der Waals surface area contributed by atoms with Crippen molar-refractivity contribution >= 4 is 33.5 Å². The highest BCUT2D eigenvalue weighted by molar-refractivity contribution is 6.08.